The molecule has 4 rings (SSSR count). The van der Waals surface area contributed by atoms with Crippen molar-refractivity contribution in [2.24, 2.45) is 0 Å². The van der Waals surface area contributed by atoms with Crippen LogP contribution in [0.4, 0.5) is 5.69 Å². The van der Waals surface area contributed by atoms with E-state index in [0.29, 0.717) is 21.3 Å². The Morgan fingerprint density at radius 1 is 0.871 bits per heavy atom. The van der Waals surface area contributed by atoms with Gasteiger partial charge in [0.25, 0.3) is 5.91 Å². The van der Waals surface area contributed by atoms with Crippen LogP contribution in [0, 0.1) is 27.7 Å². The van der Waals surface area contributed by atoms with Crippen LogP contribution in [0.2, 0.25) is 10.0 Å². The van der Waals surface area contributed by atoms with Gasteiger partial charge in [0.2, 0.25) is 0 Å². The van der Waals surface area contributed by atoms with E-state index in [1.807, 2.05) is 70.2 Å². The van der Waals surface area contributed by atoms with Gasteiger partial charge in [0.05, 0.1) is 16.8 Å². The van der Waals surface area contributed by atoms with Gasteiger partial charge in [-0.2, -0.15) is 0 Å². The van der Waals surface area contributed by atoms with Crippen LogP contribution in [0.15, 0.2) is 54.6 Å². The minimum Gasteiger partial charge on any atom is -0.322 e. The van der Waals surface area contributed by atoms with Gasteiger partial charge in [0.15, 0.2) is 0 Å². The molecular weight excluding hydrogens is 427 g/mol. The van der Waals surface area contributed by atoms with E-state index in [4.69, 9.17) is 28.2 Å². The van der Waals surface area contributed by atoms with Crippen LogP contribution in [-0.4, -0.2) is 10.9 Å². The van der Waals surface area contributed by atoms with Crippen LogP contribution in [0.5, 0.6) is 0 Å². The second kappa shape index (κ2) is 8.33. The van der Waals surface area contributed by atoms with Gasteiger partial charge in [-0.3, -0.25) is 4.79 Å². The number of fused-ring (bicyclic) bond motifs is 1. The summed E-state index contributed by atoms with van der Waals surface area (Å²) in [4.78, 5) is 18.5. The highest BCUT2D eigenvalue weighted by Crippen LogP contribution is 2.33. The summed E-state index contributed by atoms with van der Waals surface area (Å²) in [5.74, 6) is -0.191. The van der Waals surface area contributed by atoms with Crippen LogP contribution >= 0.6 is 23.2 Å². The van der Waals surface area contributed by atoms with Crippen molar-refractivity contribution >= 4 is 45.7 Å². The third-order valence-electron chi connectivity index (χ3n) is 5.44. The standard InChI is InChI=1S/C26H22Cl2N2O/c1-14-10-16(3)24-21(11-14)23(26(31)29-22-13-20(28)9-8-15(22)2)17(4)25(30-24)18-6-5-7-19(27)12-18/h5-13H,1-4H3,(H,29,31). The first kappa shape index (κ1) is 21.4. The molecule has 0 spiro atoms. The molecular formula is C26H22Cl2N2O. The highest BCUT2D eigenvalue weighted by molar-refractivity contribution is 6.31. The molecule has 4 aromatic rings. The first-order chi connectivity index (χ1) is 14.7. The van der Waals surface area contributed by atoms with Gasteiger partial charge in [-0.1, -0.05) is 53.0 Å². The highest BCUT2D eigenvalue weighted by atomic mass is 35.5. The van der Waals surface area contributed by atoms with E-state index in [-0.39, 0.29) is 5.91 Å². The molecule has 3 aromatic carbocycles. The number of aromatic nitrogens is 1. The maximum absolute atomic E-state index is 13.6. The third kappa shape index (κ3) is 4.16. The average molecular weight is 449 g/mol. The number of carbonyl (C=O) groups is 1. The summed E-state index contributed by atoms with van der Waals surface area (Å²) in [7, 11) is 0. The molecule has 0 fully saturated rings. The Bertz CT molecular complexity index is 1350. The van der Waals surface area contributed by atoms with Crippen molar-refractivity contribution in [1.29, 1.82) is 0 Å². The number of anilines is 1. The summed E-state index contributed by atoms with van der Waals surface area (Å²) in [6.45, 7) is 7.91. The predicted molar refractivity (Wildman–Crippen MR) is 131 cm³/mol. The molecule has 0 saturated heterocycles. The molecule has 0 aliphatic heterocycles. The lowest BCUT2D eigenvalue weighted by atomic mass is 9.94. The molecule has 0 saturated carbocycles. The number of rotatable bonds is 3. The second-order valence-corrected chi connectivity index (χ2v) is 8.73. The molecule has 1 heterocycles. The number of halogens is 2. The Labute approximate surface area is 192 Å². The maximum Gasteiger partial charge on any atom is 0.256 e. The Morgan fingerprint density at radius 3 is 2.35 bits per heavy atom. The molecule has 0 bridgehead atoms. The molecule has 3 nitrogen and oxygen atoms in total. The minimum absolute atomic E-state index is 0.191. The van der Waals surface area contributed by atoms with Crippen LogP contribution in [0.3, 0.4) is 0 Å². The number of carbonyl (C=O) groups excluding carboxylic acids is 1. The summed E-state index contributed by atoms with van der Waals surface area (Å²) in [5, 5.41) is 5.08. The number of hydrogen-bond donors (Lipinski definition) is 1. The van der Waals surface area contributed by atoms with Crippen molar-refractivity contribution in [3.05, 3.63) is 92.5 Å². The molecule has 0 atom stereocenters. The number of nitrogens with one attached hydrogen (secondary N) is 1. The van der Waals surface area contributed by atoms with E-state index in [1.165, 1.54) is 0 Å². The molecule has 0 aliphatic rings. The normalized spacial score (nSPS) is 11.0. The van der Waals surface area contributed by atoms with E-state index in [9.17, 15) is 4.79 Å². The maximum atomic E-state index is 13.6. The molecule has 0 radical (unpaired) electrons. The zero-order valence-corrected chi connectivity index (χ0v) is 19.3. The highest BCUT2D eigenvalue weighted by Gasteiger charge is 2.21. The van der Waals surface area contributed by atoms with Crippen molar-refractivity contribution in [2.45, 2.75) is 27.7 Å². The fraction of sp³-hybridized carbons (Fsp3) is 0.154. The molecule has 0 aliphatic carbocycles. The number of hydrogen-bond acceptors (Lipinski definition) is 2. The van der Waals surface area contributed by atoms with Crippen LogP contribution < -0.4 is 5.32 Å². The Hall–Kier alpha value is -2.88. The molecule has 1 amide bonds. The van der Waals surface area contributed by atoms with Crippen LogP contribution in [0.1, 0.15) is 32.6 Å². The number of aryl methyl sites for hydroxylation is 3. The number of amides is 1. The zero-order valence-electron chi connectivity index (χ0n) is 17.8. The Balaban J connectivity index is 1.97. The topological polar surface area (TPSA) is 42.0 Å². The third-order valence-corrected chi connectivity index (χ3v) is 5.91. The van der Waals surface area contributed by atoms with Crippen molar-refractivity contribution in [2.75, 3.05) is 5.32 Å². The van der Waals surface area contributed by atoms with Gasteiger partial charge in [-0.25, -0.2) is 4.98 Å². The molecule has 1 aromatic heterocycles. The largest absolute Gasteiger partial charge is 0.322 e. The van der Waals surface area contributed by atoms with Gasteiger partial charge in [-0.05, 0) is 74.7 Å². The Kier molecular flexibility index (Phi) is 5.74. The van der Waals surface area contributed by atoms with Gasteiger partial charge in [0.1, 0.15) is 0 Å². The summed E-state index contributed by atoms with van der Waals surface area (Å²) < 4.78 is 0. The molecule has 5 heteroatoms. The first-order valence-corrected chi connectivity index (χ1v) is 10.7. The van der Waals surface area contributed by atoms with Gasteiger partial charge in [-0.15, -0.1) is 0 Å². The summed E-state index contributed by atoms with van der Waals surface area (Å²) in [5.41, 5.74) is 7.56. The van der Waals surface area contributed by atoms with Gasteiger partial charge in [0, 0.05) is 26.7 Å². The molecule has 0 unspecified atom stereocenters. The summed E-state index contributed by atoms with van der Waals surface area (Å²) >= 11 is 12.4. The predicted octanol–water partition coefficient (Wildman–Crippen LogP) is 7.69. The van der Waals surface area contributed by atoms with Crippen molar-refractivity contribution in [3.8, 4) is 11.3 Å². The summed E-state index contributed by atoms with van der Waals surface area (Å²) in [6.07, 6.45) is 0. The van der Waals surface area contributed by atoms with Gasteiger partial charge >= 0.3 is 0 Å². The lowest BCUT2D eigenvalue weighted by Crippen LogP contribution is -2.16. The smallest absolute Gasteiger partial charge is 0.256 e. The van der Waals surface area contributed by atoms with Crippen molar-refractivity contribution < 1.29 is 4.79 Å². The number of nitrogens with zero attached hydrogens (tertiary/aromatic N) is 1. The molecule has 31 heavy (non-hydrogen) atoms. The lowest BCUT2D eigenvalue weighted by molar-refractivity contribution is 0.102. The van der Waals surface area contributed by atoms with E-state index in [1.54, 1.807) is 6.07 Å². The van der Waals surface area contributed by atoms with E-state index in [2.05, 4.69) is 11.4 Å². The van der Waals surface area contributed by atoms with E-state index in [0.717, 1.165) is 44.4 Å². The average Bonchev–Trinajstić information content (AvgIpc) is 2.70. The lowest BCUT2D eigenvalue weighted by Gasteiger charge is -2.17. The van der Waals surface area contributed by atoms with Crippen LogP contribution in [-0.2, 0) is 0 Å². The fourth-order valence-corrected chi connectivity index (χ4v) is 4.30. The van der Waals surface area contributed by atoms with Crippen molar-refractivity contribution in [3.63, 3.8) is 0 Å². The monoisotopic (exact) mass is 448 g/mol. The molecule has 156 valence electrons. The minimum atomic E-state index is -0.191. The summed E-state index contributed by atoms with van der Waals surface area (Å²) in [6, 6.07) is 17.1. The van der Waals surface area contributed by atoms with Crippen LogP contribution in [0.25, 0.3) is 22.2 Å². The second-order valence-electron chi connectivity index (χ2n) is 7.86. The van der Waals surface area contributed by atoms with E-state index >= 15 is 0 Å². The van der Waals surface area contributed by atoms with Gasteiger partial charge < -0.3 is 5.32 Å². The quantitative estimate of drug-likeness (QED) is 0.348. The zero-order chi connectivity index (χ0) is 22.3. The Morgan fingerprint density at radius 2 is 1.61 bits per heavy atom. The number of benzene rings is 3. The number of pyridine rings is 1. The molecule has 1 N–H and O–H groups in total. The SMILES string of the molecule is Cc1cc(C)c2nc(-c3cccc(Cl)c3)c(C)c(C(=O)Nc3cc(Cl)ccc3C)c2c1. The van der Waals surface area contributed by atoms with E-state index < -0.39 is 0 Å². The fourth-order valence-electron chi connectivity index (χ4n) is 3.94. The first-order valence-electron chi connectivity index (χ1n) is 9.99. The van der Waals surface area contributed by atoms with Crippen molar-refractivity contribution in [1.82, 2.24) is 4.98 Å².